The van der Waals surface area contributed by atoms with E-state index in [9.17, 15) is 4.79 Å². The summed E-state index contributed by atoms with van der Waals surface area (Å²) in [6.45, 7) is 0. The smallest absolute Gasteiger partial charge is 0.305 e. The molecule has 21 heavy (non-hydrogen) atoms. The van der Waals surface area contributed by atoms with Crippen LogP contribution < -0.4 is 10.5 Å². The Labute approximate surface area is 132 Å². The maximum atomic E-state index is 10.7. The molecule has 0 saturated heterocycles. The molecule has 2 aromatic carbocycles. The van der Waals surface area contributed by atoms with Gasteiger partial charge >= 0.3 is 5.97 Å². The van der Waals surface area contributed by atoms with Crippen LogP contribution in [0.3, 0.4) is 0 Å². The van der Waals surface area contributed by atoms with Gasteiger partial charge in [0, 0.05) is 16.1 Å². The van der Waals surface area contributed by atoms with Crippen molar-refractivity contribution in [1.29, 1.82) is 0 Å². The van der Waals surface area contributed by atoms with Crippen molar-refractivity contribution in [2.24, 2.45) is 5.73 Å². The molecule has 0 amide bonds. The van der Waals surface area contributed by atoms with Gasteiger partial charge in [-0.25, -0.2) is 0 Å². The van der Waals surface area contributed by atoms with Gasteiger partial charge in [0.15, 0.2) is 0 Å². The van der Waals surface area contributed by atoms with E-state index in [1.165, 1.54) is 0 Å². The van der Waals surface area contributed by atoms with Gasteiger partial charge in [0.2, 0.25) is 0 Å². The Bertz CT molecular complexity index is 641. The van der Waals surface area contributed by atoms with Crippen LogP contribution in [-0.2, 0) is 4.79 Å². The van der Waals surface area contributed by atoms with Crippen LogP contribution >= 0.6 is 23.2 Å². The summed E-state index contributed by atoms with van der Waals surface area (Å²) in [6.07, 6.45) is -0.146. The molecule has 0 heterocycles. The molecule has 0 radical (unpaired) electrons. The number of hydrogen-bond donors (Lipinski definition) is 2. The number of benzene rings is 2. The van der Waals surface area contributed by atoms with Gasteiger partial charge in [-0.05, 0) is 35.9 Å². The molecule has 2 aromatic rings. The van der Waals surface area contributed by atoms with E-state index < -0.39 is 12.0 Å². The molecule has 1 unspecified atom stereocenters. The van der Waals surface area contributed by atoms with Gasteiger partial charge in [0.25, 0.3) is 0 Å². The first kappa shape index (κ1) is 15.6. The number of carboxylic acid groups (broad SMARTS) is 1. The van der Waals surface area contributed by atoms with Crippen molar-refractivity contribution in [2.45, 2.75) is 12.5 Å². The predicted octanol–water partition coefficient (Wildman–Crippen LogP) is 4.26. The average Bonchev–Trinajstić information content (AvgIpc) is 2.37. The minimum atomic E-state index is -0.949. The van der Waals surface area contributed by atoms with E-state index in [0.717, 1.165) is 0 Å². The van der Waals surface area contributed by atoms with Gasteiger partial charge in [-0.3, -0.25) is 4.79 Å². The Morgan fingerprint density at radius 2 is 1.81 bits per heavy atom. The highest BCUT2D eigenvalue weighted by Gasteiger charge is 2.11. The number of hydrogen-bond acceptors (Lipinski definition) is 3. The van der Waals surface area contributed by atoms with Gasteiger partial charge in [0.1, 0.15) is 11.5 Å². The van der Waals surface area contributed by atoms with Crippen LogP contribution in [0.25, 0.3) is 0 Å². The highest BCUT2D eigenvalue weighted by Crippen LogP contribution is 2.29. The zero-order valence-electron chi connectivity index (χ0n) is 10.9. The van der Waals surface area contributed by atoms with Crippen LogP contribution in [-0.4, -0.2) is 11.1 Å². The number of carbonyl (C=O) groups is 1. The summed E-state index contributed by atoms with van der Waals surface area (Å²) in [5, 5.41) is 9.71. The molecule has 6 heteroatoms. The topological polar surface area (TPSA) is 72.6 Å². The van der Waals surface area contributed by atoms with Gasteiger partial charge in [-0.1, -0.05) is 35.3 Å². The summed E-state index contributed by atoms with van der Waals surface area (Å²) in [7, 11) is 0. The third kappa shape index (κ3) is 4.63. The summed E-state index contributed by atoms with van der Waals surface area (Å²) < 4.78 is 5.66. The van der Waals surface area contributed by atoms with E-state index in [0.29, 0.717) is 27.1 Å². The zero-order chi connectivity index (χ0) is 15.4. The molecule has 0 aliphatic carbocycles. The fourth-order valence-corrected chi connectivity index (χ4v) is 2.34. The first-order valence-electron chi connectivity index (χ1n) is 6.15. The lowest BCUT2D eigenvalue weighted by Gasteiger charge is -2.12. The Hall–Kier alpha value is -1.75. The normalized spacial score (nSPS) is 12.0. The van der Waals surface area contributed by atoms with Crippen LogP contribution in [0.1, 0.15) is 18.0 Å². The minimum absolute atomic E-state index is 0.146. The maximum Gasteiger partial charge on any atom is 0.305 e. The molecule has 0 aromatic heterocycles. The summed E-state index contributed by atoms with van der Waals surface area (Å²) in [4.78, 5) is 10.7. The predicted molar refractivity (Wildman–Crippen MR) is 82.2 cm³/mol. The van der Waals surface area contributed by atoms with Crippen LogP contribution in [0.2, 0.25) is 10.0 Å². The van der Waals surface area contributed by atoms with Gasteiger partial charge in [-0.2, -0.15) is 0 Å². The molecule has 0 aliphatic rings. The number of halogens is 2. The molecule has 0 saturated carbocycles. The van der Waals surface area contributed by atoms with E-state index in [2.05, 4.69) is 0 Å². The van der Waals surface area contributed by atoms with Crippen LogP contribution in [0.5, 0.6) is 11.5 Å². The van der Waals surface area contributed by atoms with Crippen LogP contribution in [0.4, 0.5) is 0 Å². The average molecular weight is 326 g/mol. The van der Waals surface area contributed by atoms with Crippen molar-refractivity contribution in [2.75, 3.05) is 0 Å². The molecule has 0 aliphatic heterocycles. The lowest BCUT2D eigenvalue weighted by atomic mass is 10.0. The van der Waals surface area contributed by atoms with E-state index in [1.807, 2.05) is 0 Å². The molecule has 4 nitrogen and oxygen atoms in total. The fourth-order valence-electron chi connectivity index (χ4n) is 1.84. The lowest BCUT2D eigenvalue weighted by molar-refractivity contribution is -0.137. The van der Waals surface area contributed by atoms with Gasteiger partial charge in [-0.15, -0.1) is 0 Å². The molecule has 0 bridgehead atoms. The van der Waals surface area contributed by atoms with Gasteiger partial charge < -0.3 is 15.6 Å². The number of carboxylic acids is 1. The van der Waals surface area contributed by atoms with E-state index >= 15 is 0 Å². The van der Waals surface area contributed by atoms with Crippen molar-refractivity contribution < 1.29 is 14.6 Å². The molecule has 0 fully saturated rings. The third-order valence-corrected chi connectivity index (χ3v) is 3.19. The standard InChI is InChI=1S/C15H13Cl2NO3/c16-10-5-11(17)7-13(6-10)21-12-3-1-2-9(4-12)14(18)8-15(19)20/h1-7,14H,8,18H2,(H,19,20). The second-order valence-electron chi connectivity index (χ2n) is 4.48. The van der Waals surface area contributed by atoms with Crippen LogP contribution in [0, 0.1) is 0 Å². The van der Waals surface area contributed by atoms with Crippen molar-refractivity contribution in [3.63, 3.8) is 0 Å². The maximum absolute atomic E-state index is 10.7. The molecule has 0 spiro atoms. The van der Waals surface area contributed by atoms with E-state index in [1.54, 1.807) is 42.5 Å². The summed E-state index contributed by atoms with van der Waals surface area (Å²) in [5.41, 5.74) is 6.51. The zero-order valence-corrected chi connectivity index (χ0v) is 12.4. The highest BCUT2D eigenvalue weighted by molar-refractivity contribution is 6.34. The molecular weight excluding hydrogens is 313 g/mol. The SMILES string of the molecule is NC(CC(=O)O)c1cccc(Oc2cc(Cl)cc(Cl)c2)c1. The minimum Gasteiger partial charge on any atom is -0.481 e. The number of nitrogens with two attached hydrogens (primary N) is 1. The van der Waals surface area contributed by atoms with Crippen molar-refractivity contribution in [3.05, 3.63) is 58.1 Å². The second kappa shape index (κ2) is 6.80. The second-order valence-corrected chi connectivity index (χ2v) is 5.36. The first-order chi connectivity index (χ1) is 9.94. The Morgan fingerprint density at radius 3 is 2.43 bits per heavy atom. The quantitative estimate of drug-likeness (QED) is 0.861. The molecule has 110 valence electrons. The Kier molecular flexibility index (Phi) is 5.07. The Morgan fingerprint density at radius 1 is 1.14 bits per heavy atom. The summed E-state index contributed by atoms with van der Waals surface area (Å²) in [6, 6.07) is 11.2. The highest BCUT2D eigenvalue weighted by atomic mass is 35.5. The fraction of sp³-hybridized carbons (Fsp3) is 0.133. The van der Waals surface area contributed by atoms with Crippen molar-refractivity contribution in [3.8, 4) is 11.5 Å². The summed E-state index contributed by atoms with van der Waals surface area (Å²) >= 11 is 11.8. The van der Waals surface area contributed by atoms with Crippen molar-refractivity contribution >= 4 is 29.2 Å². The Balaban J connectivity index is 2.19. The molecule has 1 atom stereocenters. The number of rotatable bonds is 5. The van der Waals surface area contributed by atoms with Gasteiger partial charge in [0.05, 0.1) is 6.42 Å². The van der Waals surface area contributed by atoms with Crippen LogP contribution in [0.15, 0.2) is 42.5 Å². The number of ether oxygens (including phenoxy) is 1. The molecule has 2 rings (SSSR count). The largest absolute Gasteiger partial charge is 0.481 e. The third-order valence-electron chi connectivity index (χ3n) is 2.75. The van der Waals surface area contributed by atoms with E-state index in [-0.39, 0.29) is 6.42 Å². The lowest BCUT2D eigenvalue weighted by Crippen LogP contribution is -2.14. The van der Waals surface area contributed by atoms with Crippen molar-refractivity contribution in [1.82, 2.24) is 0 Å². The summed E-state index contributed by atoms with van der Waals surface area (Å²) in [5.74, 6) is 0.0820. The molecule has 3 N–H and O–H groups in total. The number of aliphatic carboxylic acids is 1. The molecular formula is C15H13Cl2NO3. The monoisotopic (exact) mass is 325 g/mol. The van der Waals surface area contributed by atoms with E-state index in [4.69, 9.17) is 38.8 Å². The first-order valence-corrected chi connectivity index (χ1v) is 6.91.